The van der Waals surface area contributed by atoms with E-state index in [2.05, 4.69) is 15.3 Å². The second kappa shape index (κ2) is 8.45. The molecule has 0 aliphatic rings. The molecular formula is C24H21F3N4O. The van der Waals surface area contributed by atoms with Crippen LogP contribution in [-0.2, 0) is 11.2 Å². The number of benzene rings is 1. The summed E-state index contributed by atoms with van der Waals surface area (Å²) in [6.07, 6.45) is -1.86. The van der Waals surface area contributed by atoms with Gasteiger partial charge < -0.3 is 9.72 Å². The molecule has 1 atom stereocenters. The number of hydrogen-bond acceptors (Lipinski definition) is 3. The molecule has 1 amide bonds. The number of hydrogen-bond donors (Lipinski definition) is 1. The summed E-state index contributed by atoms with van der Waals surface area (Å²) in [4.78, 5) is 21.2. The number of nitrogens with one attached hydrogen (secondary N) is 1. The van der Waals surface area contributed by atoms with Gasteiger partial charge in [0.05, 0.1) is 23.5 Å². The third kappa shape index (κ3) is 4.49. The van der Waals surface area contributed by atoms with Crippen molar-refractivity contribution in [3.05, 3.63) is 89.5 Å². The van der Waals surface area contributed by atoms with Crippen LogP contribution in [-0.4, -0.2) is 26.5 Å². The number of alkyl halides is 3. The Labute approximate surface area is 183 Å². The van der Waals surface area contributed by atoms with E-state index in [0.29, 0.717) is 17.0 Å². The van der Waals surface area contributed by atoms with Gasteiger partial charge in [-0.1, -0.05) is 42.0 Å². The Morgan fingerprint density at radius 1 is 1.03 bits per heavy atom. The van der Waals surface area contributed by atoms with E-state index in [1.807, 2.05) is 56.4 Å². The van der Waals surface area contributed by atoms with Gasteiger partial charge in [-0.3, -0.25) is 9.78 Å². The van der Waals surface area contributed by atoms with Crippen molar-refractivity contribution in [3.63, 3.8) is 0 Å². The lowest BCUT2D eigenvalue weighted by atomic mass is 10.1. The highest BCUT2D eigenvalue weighted by atomic mass is 19.4. The Balaban J connectivity index is 1.71. The lowest BCUT2D eigenvalue weighted by Gasteiger charge is -2.21. The van der Waals surface area contributed by atoms with Gasteiger partial charge in [-0.15, -0.1) is 0 Å². The van der Waals surface area contributed by atoms with Crippen LogP contribution in [0, 0.1) is 13.8 Å². The van der Waals surface area contributed by atoms with Crippen LogP contribution >= 0.6 is 0 Å². The number of rotatable bonds is 5. The average Bonchev–Trinajstić information content (AvgIpc) is 3.10. The van der Waals surface area contributed by atoms with Crippen molar-refractivity contribution in [1.82, 2.24) is 19.7 Å². The van der Waals surface area contributed by atoms with Crippen molar-refractivity contribution >= 4 is 11.6 Å². The molecule has 4 aromatic rings. The SMILES string of the molecule is Cc1ccc(-c2nc3ccc(C)cn3c2CC(=O)NC(c2ccccn2)C(F)(F)F)cc1. The Kier molecular flexibility index (Phi) is 5.69. The first-order valence-corrected chi connectivity index (χ1v) is 10.0. The molecule has 0 fully saturated rings. The van der Waals surface area contributed by atoms with E-state index in [9.17, 15) is 18.0 Å². The van der Waals surface area contributed by atoms with E-state index < -0.39 is 18.1 Å². The zero-order valence-electron chi connectivity index (χ0n) is 17.5. The molecule has 3 heterocycles. The molecule has 1 unspecified atom stereocenters. The third-order valence-corrected chi connectivity index (χ3v) is 5.13. The Hall–Kier alpha value is -3.68. The summed E-state index contributed by atoms with van der Waals surface area (Å²) >= 11 is 0. The lowest BCUT2D eigenvalue weighted by Crippen LogP contribution is -2.39. The molecule has 164 valence electrons. The summed E-state index contributed by atoms with van der Waals surface area (Å²) in [5.41, 5.74) is 4.23. The molecule has 5 nitrogen and oxygen atoms in total. The number of amides is 1. The minimum atomic E-state index is -4.68. The summed E-state index contributed by atoms with van der Waals surface area (Å²) in [5, 5.41) is 2.11. The highest BCUT2D eigenvalue weighted by Crippen LogP contribution is 2.32. The van der Waals surface area contributed by atoms with Crippen LogP contribution in [0.2, 0.25) is 0 Å². The molecule has 1 aromatic carbocycles. The monoisotopic (exact) mass is 438 g/mol. The average molecular weight is 438 g/mol. The maximum Gasteiger partial charge on any atom is 0.414 e. The molecule has 0 saturated carbocycles. The van der Waals surface area contributed by atoms with Gasteiger partial charge in [0.25, 0.3) is 0 Å². The van der Waals surface area contributed by atoms with Gasteiger partial charge in [-0.2, -0.15) is 13.2 Å². The predicted molar refractivity (Wildman–Crippen MR) is 115 cm³/mol. The van der Waals surface area contributed by atoms with Crippen LogP contribution in [0.15, 0.2) is 67.0 Å². The molecule has 0 saturated heterocycles. The number of aromatic nitrogens is 3. The third-order valence-electron chi connectivity index (χ3n) is 5.13. The quantitative estimate of drug-likeness (QED) is 0.478. The normalized spacial score (nSPS) is 12.7. The maximum atomic E-state index is 13.7. The first-order valence-electron chi connectivity index (χ1n) is 10.0. The molecule has 0 spiro atoms. The van der Waals surface area contributed by atoms with Crippen molar-refractivity contribution in [2.45, 2.75) is 32.5 Å². The molecule has 32 heavy (non-hydrogen) atoms. The van der Waals surface area contributed by atoms with E-state index in [1.165, 1.54) is 24.4 Å². The fourth-order valence-electron chi connectivity index (χ4n) is 3.55. The number of aryl methyl sites for hydroxylation is 2. The Morgan fingerprint density at radius 2 is 1.75 bits per heavy atom. The highest BCUT2D eigenvalue weighted by Gasteiger charge is 2.42. The zero-order valence-corrected chi connectivity index (χ0v) is 17.5. The van der Waals surface area contributed by atoms with Crippen LogP contribution < -0.4 is 5.32 Å². The number of nitrogens with zero attached hydrogens (tertiary/aromatic N) is 3. The molecule has 8 heteroatoms. The number of carbonyl (C=O) groups excluding carboxylic acids is 1. The molecular weight excluding hydrogens is 417 g/mol. The standard InChI is InChI=1S/C24H21F3N4O/c1-15-6-9-17(10-7-15)22-19(31-14-16(2)8-11-20(31)29-22)13-21(32)30-23(24(25,26)27)18-5-3-4-12-28-18/h3-12,14,23H,13H2,1-2H3,(H,30,32). The summed E-state index contributed by atoms with van der Waals surface area (Å²) in [7, 11) is 0. The molecule has 1 N–H and O–H groups in total. The zero-order chi connectivity index (χ0) is 22.9. The summed E-state index contributed by atoms with van der Waals surface area (Å²) in [5.74, 6) is -0.769. The first-order chi connectivity index (χ1) is 15.2. The van der Waals surface area contributed by atoms with Gasteiger partial charge in [0.2, 0.25) is 5.91 Å². The van der Waals surface area contributed by atoms with E-state index in [4.69, 9.17) is 0 Å². The van der Waals surface area contributed by atoms with Gasteiger partial charge in [0, 0.05) is 18.0 Å². The maximum absolute atomic E-state index is 13.7. The van der Waals surface area contributed by atoms with Crippen molar-refractivity contribution < 1.29 is 18.0 Å². The first kappa shape index (κ1) is 21.5. The van der Waals surface area contributed by atoms with Crippen molar-refractivity contribution in [2.24, 2.45) is 0 Å². The van der Waals surface area contributed by atoms with E-state index in [-0.39, 0.29) is 12.1 Å². The van der Waals surface area contributed by atoms with Gasteiger partial charge in [0.15, 0.2) is 6.04 Å². The van der Waals surface area contributed by atoms with E-state index in [0.717, 1.165) is 16.7 Å². The van der Waals surface area contributed by atoms with Gasteiger partial charge in [-0.05, 0) is 37.6 Å². The second-order valence-corrected chi connectivity index (χ2v) is 7.68. The minimum Gasteiger partial charge on any atom is -0.339 e. The van der Waals surface area contributed by atoms with E-state index in [1.54, 1.807) is 4.40 Å². The van der Waals surface area contributed by atoms with Crippen molar-refractivity contribution in [3.8, 4) is 11.3 Å². The highest BCUT2D eigenvalue weighted by molar-refractivity contribution is 5.82. The van der Waals surface area contributed by atoms with Gasteiger partial charge in [0.1, 0.15) is 5.65 Å². The smallest absolute Gasteiger partial charge is 0.339 e. The van der Waals surface area contributed by atoms with Crippen LogP contribution in [0.3, 0.4) is 0 Å². The molecule has 0 aliphatic heterocycles. The fraction of sp³-hybridized carbons (Fsp3) is 0.208. The summed E-state index contributed by atoms with van der Waals surface area (Å²) in [6.45, 7) is 3.86. The second-order valence-electron chi connectivity index (χ2n) is 7.68. The van der Waals surface area contributed by atoms with Crippen LogP contribution in [0.5, 0.6) is 0 Å². The van der Waals surface area contributed by atoms with E-state index >= 15 is 0 Å². The summed E-state index contributed by atoms with van der Waals surface area (Å²) in [6, 6.07) is 13.4. The van der Waals surface area contributed by atoms with Gasteiger partial charge in [-0.25, -0.2) is 4.98 Å². The predicted octanol–water partition coefficient (Wildman–Crippen LogP) is 4.98. The Bertz CT molecular complexity index is 1250. The van der Waals surface area contributed by atoms with Crippen molar-refractivity contribution in [1.29, 1.82) is 0 Å². The number of halogens is 3. The molecule has 0 aliphatic carbocycles. The topological polar surface area (TPSA) is 59.3 Å². The number of pyridine rings is 2. The summed E-state index contributed by atoms with van der Waals surface area (Å²) < 4.78 is 42.7. The number of fused-ring (bicyclic) bond motifs is 1. The molecule has 4 rings (SSSR count). The number of carbonyl (C=O) groups is 1. The van der Waals surface area contributed by atoms with Gasteiger partial charge >= 0.3 is 6.18 Å². The number of imidazole rings is 1. The minimum absolute atomic E-state index is 0.263. The molecule has 0 radical (unpaired) electrons. The fourth-order valence-corrected chi connectivity index (χ4v) is 3.55. The lowest BCUT2D eigenvalue weighted by molar-refractivity contribution is -0.164. The molecule has 0 bridgehead atoms. The largest absolute Gasteiger partial charge is 0.414 e. The van der Waals surface area contributed by atoms with Crippen molar-refractivity contribution in [2.75, 3.05) is 0 Å². The van der Waals surface area contributed by atoms with Crippen LogP contribution in [0.25, 0.3) is 16.9 Å². The molecule has 3 aromatic heterocycles. The Morgan fingerprint density at radius 3 is 2.41 bits per heavy atom. The van der Waals surface area contributed by atoms with Crippen LogP contribution in [0.1, 0.15) is 28.6 Å². The van der Waals surface area contributed by atoms with Crippen LogP contribution in [0.4, 0.5) is 13.2 Å².